The van der Waals surface area contributed by atoms with Crippen molar-refractivity contribution in [2.24, 2.45) is 0 Å². The Labute approximate surface area is 452 Å². The molecule has 0 aliphatic carbocycles. The van der Waals surface area contributed by atoms with Gasteiger partial charge < -0.3 is 18.3 Å². The van der Waals surface area contributed by atoms with Crippen LogP contribution in [0.3, 0.4) is 0 Å². The molecule has 0 atom stereocenters. The number of rotatable bonds is 6. The Morgan fingerprint density at radius 1 is 0.278 bits per heavy atom. The summed E-state index contributed by atoms with van der Waals surface area (Å²) in [5, 5.41) is 24.0. The van der Waals surface area contributed by atoms with E-state index in [1.807, 2.05) is 12.3 Å². The molecule has 6 aromatic heterocycles. The fourth-order valence-electron chi connectivity index (χ4n) is 13.5. The van der Waals surface area contributed by atoms with Gasteiger partial charge in [-0.2, -0.15) is 5.26 Å². The topological polar surface area (TPSA) is 61.3 Å². The molecular formula is C72H43N7. The van der Waals surface area contributed by atoms with Crippen LogP contribution < -0.4 is 0 Å². The normalized spacial score (nSPS) is 12.0. The van der Waals surface area contributed by atoms with Gasteiger partial charge in [0.15, 0.2) is 0 Å². The Hall–Kier alpha value is -10.9. The molecule has 11 aromatic carbocycles. The minimum atomic E-state index is 0.526. The Balaban J connectivity index is 1.20. The van der Waals surface area contributed by atoms with Crippen LogP contribution in [0.15, 0.2) is 261 Å². The number of nitriles is 1. The molecular weight excluding hydrogens is 963 g/mol. The van der Waals surface area contributed by atoms with Crippen molar-refractivity contribution in [2.75, 3.05) is 0 Å². The highest BCUT2D eigenvalue weighted by Crippen LogP contribution is 2.52. The van der Waals surface area contributed by atoms with Crippen molar-refractivity contribution in [2.45, 2.75) is 0 Å². The van der Waals surface area contributed by atoms with Crippen LogP contribution in [0.4, 0.5) is 0 Å². The zero-order valence-electron chi connectivity index (χ0n) is 42.5. The van der Waals surface area contributed by atoms with Crippen LogP contribution in [0.25, 0.3) is 149 Å². The number of hydrogen-bond acceptors (Lipinski definition) is 2. The summed E-state index contributed by atoms with van der Waals surface area (Å²) in [6.45, 7) is 0. The second-order valence-electron chi connectivity index (χ2n) is 20.5. The first-order chi connectivity index (χ1) is 39.2. The van der Waals surface area contributed by atoms with Crippen molar-refractivity contribution >= 4 is 109 Å². The molecule has 17 rings (SSSR count). The van der Waals surface area contributed by atoms with E-state index in [0.717, 1.165) is 149 Å². The SMILES string of the molecule is N#Cc1c(-n2c3ccccc3c3ccccc32)c(-n2c3ccccc3c3ccccc32)c(-c2cccc(-n3c4ccccc4c4cccnc43)c2)c(-n2c3ccccc3c3ccccc32)c1-n1c2ccccc2c2ccccc21. The molecule has 0 unspecified atom stereocenters. The van der Waals surface area contributed by atoms with Crippen molar-refractivity contribution in [3.8, 4) is 45.6 Å². The zero-order chi connectivity index (χ0) is 51.9. The molecule has 0 bridgehead atoms. The molecule has 0 fully saturated rings. The van der Waals surface area contributed by atoms with E-state index in [-0.39, 0.29) is 0 Å². The van der Waals surface area contributed by atoms with Gasteiger partial charge in [0.25, 0.3) is 0 Å². The highest BCUT2D eigenvalue weighted by atomic mass is 15.1. The van der Waals surface area contributed by atoms with Gasteiger partial charge in [-0.1, -0.05) is 176 Å². The summed E-state index contributed by atoms with van der Waals surface area (Å²) in [4.78, 5) is 5.10. The van der Waals surface area contributed by atoms with E-state index in [9.17, 15) is 5.26 Å². The lowest BCUT2D eigenvalue weighted by atomic mass is 9.93. The molecule has 0 amide bonds. The third-order valence-electron chi connectivity index (χ3n) is 16.5. The van der Waals surface area contributed by atoms with Crippen molar-refractivity contribution in [3.05, 3.63) is 267 Å². The third kappa shape index (κ3) is 5.92. The van der Waals surface area contributed by atoms with E-state index in [1.54, 1.807) is 0 Å². The lowest BCUT2D eigenvalue weighted by Crippen LogP contribution is -2.16. The van der Waals surface area contributed by atoms with Gasteiger partial charge in [-0.15, -0.1) is 0 Å². The number of fused-ring (bicyclic) bond motifs is 15. The number of para-hydroxylation sites is 9. The van der Waals surface area contributed by atoms with Crippen LogP contribution in [-0.2, 0) is 0 Å². The van der Waals surface area contributed by atoms with Crippen molar-refractivity contribution in [1.29, 1.82) is 5.26 Å². The number of hydrogen-bond donors (Lipinski definition) is 0. The van der Waals surface area contributed by atoms with E-state index in [1.165, 1.54) is 0 Å². The molecule has 6 heterocycles. The first kappa shape index (κ1) is 43.3. The van der Waals surface area contributed by atoms with Crippen LogP contribution in [0.1, 0.15) is 5.56 Å². The van der Waals surface area contributed by atoms with Crippen molar-refractivity contribution in [3.63, 3.8) is 0 Å². The molecule has 0 saturated heterocycles. The van der Waals surface area contributed by atoms with Crippen LogP contribution in [0, 0.1) is 11.3 Å². The molecule has 366 valence electrons. The fraction of sp³-hybridized carbons (Fsp3) is 0. The molecule has 0 radical (unpaired) electrons. The first-order valence-corrected chi connectivity index (χ1v) is 26.8. The average molecular weight is 1010 g/mol. The minimum Gasteiger partial charge on any atom is -0.306 e. The Kier molecular flexibility index (Phi) is 9.06. The molecule has 0 aliphatic rings. The first-order valence-electron chi connectivity index (χ1n) is 26.8. The highest BCUT2D eigenvalue weighted by Gasteiger charge is 2.35. The van der Waals surface area contributed by atoms with Gasteiger partial charge in [0, 0.05) is 71.3 Å². The van der Waals surface area contributed by atoms with Gasteiger partial charge >= 0.3 is 0 Å². The van der Waals surface area contributed by atoms with Crippen LogP contribution >= 0.6 is 0 Å². The maximum Gasteiger partial charge on any atom is 0.145 e. The number of benzene rings is 11. The summed E-state index contributed by atoms with van der Waals surface area (Å²) in [6.07, 6.45) is 1.89. The summed E-state index contributed by atoms with van der Waals surface area (Å²) >= 11 is 0. The lowest BCUT2D eigenvalue weighted by Gasteiger charge is -2.29. The predicted molar refractivity (Wildman–Crippen MR) is 326 cm³/mol. The summed E-state index contributed by atoms with van der Waals surface area (Å²) in [5.74, 6) is 0. The molecule has 0 spiro atoms. The number of aromatic nitrogens is 6. The number of nitrogens with zero attached hydrogens (tertiary/aromatic N) is 7. The van der Waals surface area contributed by atoms with Gasteiger partial charge in [0.1, 0.15) is 17.3 Å². The van der Waals surface area contributed by atoms with Crippen LogP contribution in [0.5, 0.6) is 0 Å². The summed E-state index contributed by atoms with van der Waals surface area (Å²) in [6, 6.07) is 94.5. The van der Waals surface area contributed by atoms with Crippen molar-refractivity contribution < 1.29 is 0 Å². The lowest BCUT2D eigenvalue weighted by molar-refractivity contribution is 1.04. The molecule has 0 N–H and O–H groups in total. The number of pyridine rings is 1. The maximum absolute atomic E-state index is 12.9. The largest absolute Gasteiger partial charge is 0.306 e. The van der Waals surface area contributed by atoms with Gasteiger partial charge in [0.05, 0.1) is 72.4 Å². The summed E-state index contributed by atoms with van der Waals surface area (Å²) in [7, 11) is 0. The van der Waals surface area contributed by atoms with E-state index >= 15 is 0 Å². The molecule has 0 aliphatic heterocycles. The maximum atomic E-state index is 12.9. The second kappa shape index (κ2) is 16.5. The van der Waals surface area contributed by atoms with Gasteiger partial charge in [-0.05, 0) is 84.4 Å². The second-order valence-corrected chi connectivity index (χ2v) is 20.5. The molecule has 0 saturated carbocycles. The standard InChI is InChI=1S/C72H43N7/c73-44-57-68(76-59-34-11-1-23-47(59)48-24-2-12-35-60(48)76)70(78-63-38-15-5-27-51(63)52-28-6-16-39-64(52)78)67(45-21-19-22-46(43-45)75-58-33-10-9-31-55(58)56-32-20-42-74-72(56)75)71(79-65-40-17-7-29-53(65)54-30-8-18-41-66(54)79)69(57)77-61-36-13-3-25-49(61)50-26-4-14-37-62(50)77/h1-43H. The van der Waals surface area contributed by atoms with Gasteiger partial charge in [0.2, 0.25) is 0 Å². The predicted octanol–water partition coefficient (Wildman–Crippen LogP) is 18.1. The van der Waals surface area contributed by atoms with Crippen LogP contribution in [-0.4, -0.2) is 27.8 Å². The Morgan fingerprint density at radius 2 is 0.570 bits per heavy atom. The van der Waals surface area contributed by atoms with Gasteiger partial charge in [-0.3, -0.25) is 4.57 Å². The molecule has 7 nitrogen and oxygen atoms in total. The van der Waals surface area contributed by atoms with Crippen molar-refractivity contribution in [1.82, 2.24) is 27.8 Å². The van der Waals surface area contributed by atoms with E-state index in [2.05, 4.69) is 278 Å². The highest BCUT2D eigenvalue weighted by molar-refractivity contribution is 6.17. The van der Waals surface area contributed by atoms with Crippen LogP contribution in [0.2, 0.25) is 0 Å². The van der Waals surface area contributed by atoms with E-state index < -0.39 is 0 Å². The minimum absolute atomic E-state index is 0.526. The average Bonchev–Trinajstić information content (AvgIpc) is 4.35. The Bertz CT molecular complexity index is 4960. The zero-order valence-corrected chi connectivity index (χ0v) is 42.5. The Morgan fingerprint density at radius 3 is 0.911 bits per heavy atom. The summed E-state index contributed by atoms with van der Waals surface area (Å²) in [5.41, 5.74) is 16.7. The van der Waals surface area contributed by atoms with Gasteiger partial charge in [-0.25, -0.2) is 4.98 Å². The molecule has 17 aromatic rings. The molecule has 79 heavy (non-hydrogen) atoms. The van der Waals surface area contributed by atoms with E-state index in [0.29, 0.717) is 5.56 Å². The monoisotopic (exact) mass is 1010 g/mol. The smallest absolute Gasteiger partial charge is 0.145 e. The third-order valence-corrected chi connectivity index (χ3v) is 16.5. The summed E-state index contributed by atoms with van der Waals surface area (Å²) < 4.78 is 12.0. The molecule has 7 heteroatoms. The fourth-order valence-corrected chi connectivity index (χ4v) is 13.5. The quantitative estimate of drug-likeness (QED) is 0.167. The van der Waals surface area contributed by atoms with E-state index in [4.69, 9.17) is 4.98 Å².